The fraction of sp³-hybridized carbons (Fsp3) is 0.789. The number of rotatable bonds is 6. The molecule has 2 rings (SSSR count). The Morgan fingerprint density at radius 3 is 2.76 bits per heavy atom. The molecule has 25 heavy (non-hydrogen) atoms. The molecule has 1 heterocycles. The number of hydrogen-bond acceptors (Lipinski definition) is 2. The third kappa shape index (κ3) is 8.42. The molecule has 1 fully saturated rings. The molecule has 0 aromatic rings. The molecule has 2 aliphatic rings. The molecule has 1 aliphatic heterocycles. The van der Waals surface area contributed by atoms with Crippen molar-refractivity contribution in [2.75, 3.05) is 33.2 Å². The lowest BCUT2D eigenvalue weighted by molar-refractivity contribution is -0.132. The molecule has 0 bridgehead atoms. The van der Waals surface area contributed by atoms with E-state index in [2.05, 4.69) is 28.6 Å². The van der Waals surface area contributed by atoms with E-state index in [4.69, 9.17) is 0 Å². The van der Waals surface area contributed by atoms with Gasteiger partial charge in [0.15, 0.2) is 5.96 Å². The minimum atomic E-state index is 0. The first kappa shape index (κ1) is 22.3. The van der Waals surface area contributed by atoms with Gasteiger partial charge in [-0.3, -0.25) is 9.79 Å². The molecule has 5 nitrogen and oxygen atoms in total. The molecule has 0 saturated carbocycles. The second-order valence-electron chi connectivity index (χ2n) is 7.12. The average molecular weight is 462 g/mol. The number of halogens is 1. The molecule has 1 aliphatic carbocycles. The fourth-order valence-electron chi connectivity index (χ4n) is 3.56. The van der Waals surface area contributed by atoms with Gasteiger partial charge in [-0.1, -0.05) is 18.6 Å². The number of allylic oxidation sites excluding steroid dienone is 1. The van der Waals surface area contributed by atoms with Crippen LogP contribution in [0.25, 0.3) is 0 Å². The van der Waals surface area contributed by atoms with E-state index >= 15 is 0 Å². The van der Waals surface area contributed by atoms with Crippen molar-refractivity contribution in [2.24, 2.45) is 10.9 Å². The van der Waals surface area contributed by atoms with E-state index in [1.807, 2.05) is 4.90 Å². The lowest BCUT2D eigenvalue weighted by Crippen LogP contribution is -2.42. The summed E-state index contributed by atoms with van der Waals surface area (Å²) in [4.78, 5) is 18.5. The maximum absolute atomic E-state index is 12.3. The molecule has 1 amide bonds. The second-order valence-corrected chi connectivity index (χ2v) is 7.12. The zero-order valence-corrected chi connectivity index (χ0v) is 18.2. The topological polar surface area (TPSA) is 56.7 Å². The Morgan fingerprint density at radius 2 is 2.08 bits per heavy atom. The number of guanidine groups is 1. The first-order valence-corrected chi connectivity index (χ1v) is 9.59. The third-order valence-corrected chi connectivity index (χ3v) is 4.99. The summed E-state index contributed by atoms with van der Waals surface area (Å²) in [6, 6.07) is 0. The van der Waals surface area contributed by atoms with E-state index in [0.717, 1.165) is 38.4 Å². The summed E-state index contributed by atoms with van der Waals surface area (Å²) >= 11 is 0. The van der Waals surface area contributed by atoms with Gasteiger partial charge in [0.05, 0.1) is 0 Å². The number of nitrogens with zero attached hydrogens (tertiary/aromatic N) is 2. The second kappa shape index (κ2) is 12.5. The summed E-state index contributed by atoms with van der Waals surface area (Å²) < 4.78 is 0. The highest BCUT2D eigenvalue weighted by Crippen LogP contribution is 2.19. The van der Waals surface area contributed by atoms with Crippen molar-refractivity contribution < 1.29 is 4.79 Å². The molecular weight excluding hydrogens is 427 g/mol. The van der Waals surface area contributed by atoms with Crippen LogP contribution in [0.2, 0.25) is 0 Å². The summed E-state index contributed by atoms with van der Waals surface area (Å²) in [5, 5.41) is 6.61. The predicted octanol–water partition coefficient (Wildman–Crippen LogP) is 3.31. The van der Waals surface area contributed by atoms with Gasteiger partial charge in [-0.15, -0.1) is 24.0 Å². The van der Waals surface area contributed by atoms with Gasteiger partial charge in [0.2, 0.25) is 5.91 Å². The maximum Gasteiger partial charge on any atom is 0.224 e. The summed E-state index contributed by atoms with van der Waals surface area (Å²) in [6.07, 6.45) is 11.5. The van der Waals surface area contributed by atoms with Gasteiger partial charge in [-0.2, -0.15) is 0 Å². The number of amides is 1. The normalized spacial score (nSPS) is 21.2. The van der Waals surface area contributed by atoms with Crippen LogP contribution < -0.4 is 10.6 Å². The Labute approximate surface area is 170 Å². The summed E-state index contributed by atoms with van der Waals surface area (Å²) in [5.41, 5.74) is 1.57. The van der Waals surface area contributed by atoms with Crippen LogP contribution in [-0.4, -0.2) is 50.0 Å². The zero-order valence-electron chi connectivity index (χ0n) is 15.9. The van der Waals surface area contributed by atoms with Crippen molar-refractivity contribution in [1.82, 2.24) is 15.5 Å². The van der Waals surface area contributed by atoms with Crippen LogP contribution >= 0.6 is 24.0 Å². The highest BCUT2D eigenvalue weighted by Gasteiger charge is 2.20. The first-order chi connectivity index (χ1) is 11.7. The van der Waals surface area contributed by atoms with Crippen molar-refractivity contribution in [2.45, 2.75) is 58.3 Å². The molecule has 0 aromatic heterocycles. The van der Waals surface area contributed by atoms with E-state index in [-0.39, 0.29) is 29.9 Å². The van der Waals surface area contributed by atoms with E-state index in [1.165, 1.54) is 32.1 Å². The monoisotopic (exact) mass is 462 g/mol. The predicted molar refractivity (Wildman–Crippen MR) is 116 cm³/mol. The highest BCUT2D eigenvalue weighted by atomic mass is 127. The minimum absolute atomic E-state index is 0. The van der Waals surface area contributed by atoms with E-state index in [0.29, 0.717) is 18.9 Å². The molecule has 0 spiro atoms. The number of aliphatic imine (C=N–C) groups is 1. The van der Waals surface area contributed by atoms with Crippen molar-refractivity contribution in [3.05, 3.63) is 11.6 Å². The van der Waals surface area contributed by atoms with E-state index in [1.54, 1.807) is 12.6 Å². The number of carbonyl (C=O) groups excluding carboxylic acids is 1. The van der Waals surface area contributed by atoms with Crippen LogP contribution in [0, 0.1) is 5.92 Å². The zero-order chi connectivity index (χ0) is 17.2. The van der Waals surface area contributed by atoms with Crippen LogP contribution in [-0.2, 0) is 4.79 Å². The SMILES string of the molecule is CN=C(NCCC(=O)N1CCCC(C)C1)NCCC1=CCCCC1.I. The maximum atomic E-state index is 12.3. The van der Waals surface area contributed by atoms with Gasteiger partial charge in [-0.25, -0.2) is 0 Å². The number of carbonyl (C=O) groups is 1. The summed E-state index contributed by atoms with van der Waals surface area (Å²) in [6.45, 7) is 5.62. The van der Waals surface area contributed by atoms with Crippen LogP contribution in [0.5, 0.6) is 0 Å². The largest absolute Gasteiger partial charge is 0.356 e. The van der Waals surface area contributed by atoms with Crippen molar-refractivity contribution in [1.29, 1.82) is 0 Å². The number of nitrogens with one attached hydrogen (secondary N) is 2. The van der Waals surface area contributed by atoms with Gasteiger partial charge in [0.25, 0.3) is 0 Å². The van der Waals surface area contributed by atoms with Crippen LogP contribution in [0.15, 0.2) is 16.6 Å². The lowest BCUT2D eigenvalue weighted by atomic mass is 9.97. The Balaban J connectivity index is 0.00000312. The Morgan fingerprint density at radius 1 is 1.28 bits per heavy atom. The van der Waals surface area contributed by atoms with Gasteiger partial charge < -0.3 is 15.5 Å². The minimum Gasteiger partial charge on any atom is -0.356 e. The van der Waals surface area contributed by atoms with E-state index < -0.39 is 0 Å². The molecule has 1 atom stereocenters. The van der Waals surface area contributed by atoms with Gasteiger partial charge in [-0.05, 0) is 50.9 Å². The first-order valence-electron chi connectivity index (χ1n) is 9.59. The smallest absolute Gasteiger partial charge is 0.224 e. The Kier molecular flexibility index (Phi) is 11.2. The van der Waals surface area contributed by atoms with Crippen molar-refractivity contribution in [3.63, 3.8) is 0 Å². The third-order valence-electron chi connectivity index (χ3n) is 4.99. The number of likely N-dealkylation sites (tertiary alicyclic amines) is 1. The van der Waals surface area contributed by atoms with Crippen molar-refractivity contribution >= 4 is 35.8 Å². The molecule has 6 heteroatoms. The van der Waals surface area contributed by atoms with Crippen LogP contribution in [0.3, 0.4) is 0 Å². The highest BCUT2D eigenvalue weighted by molar-refractivity contribution is 14.0. The molecule has 2 N–H and O–H groups in total. The molecular formula is C19H35IN4O. The Bertz CT molecular complexity index is 464. The molecule has 1 unspecified atom stereocenters. The lowest BCUT2D eigenvalue weighted by Gasteiger charge is -2.31. The Hall–Kier alpha value is -0.790. The van der Waals surface area contributed by atoms with Gasteiger partial charge >= 0.3 is 0 Å². The van der Waals surface area contributed by atoms with Crippen LogP contribution in [0.4, 0.5) is 0 Å². The molecule has 1 saturated heterocycles. The molecule has 0 aromatic carbocycles. The van der Waals surface area contributed by atoms with Crippen LogP contribution in [0.1, 0.15) is 58.3 Å². The summed E-state index contributed by atoms with van der Waals surface area (Å²) in [5.74, 6) is 1.70. The average Bonchev–Trinajstić information content (AvgIpc) is 2.61. The standard InChI is InChI=1S/C19H34N4O.HI/c1-16-7-6-14-23(15-16)18(24)11-13-22-19(20-2)21-12-10-17-8-4-3-5-9-17;/h8,16H,3-7,9-15H2,1-2H3,(H2,20,21,22);1H. The van der Waals surface area contributed by atoms with Crippen molar-refractivity contribution in [3.8, 4) is 0 Å². The summed E-state index contributed by atoms with van der Waals surface area (Å²) in [7, 11) is 1.78. The number of hydrogen-bond donors (Lipinski definition) is 2. The van der Waals surface area contributed by atoms with Gasteiger partial charge in [0, 0.05) is 39.6 Å². The molecule has 144 valence electrons. The number of piperidine rings is 1. The molecule has 0 radical (unpaired) electrons. The van der Waals surface area contributed by atoms with E-state index in [9.17, 15) is 4.79 Å². The van der Waals surface area contributed by atoms with Gasteiger partial charge in [0.1, 0.15) is 0 Å². The quantitative estimate of drug-likeness (QED) is 0.276. The fourth-order valence-corrected chi connectivity index (χ4v) is 3.56.